The number of carbonyl (C=O) groups is 1. The molecule has 2 aromatic rings. The van der Waals surface area contributed by atoms with Gasteiger partial charge in [-0.25, -0.2) is 0 Å². The SMILES string of the molecule is CC(C)(C)[Si](C)(C)O[C@@H](C[C@H](O)C/C=C/C(=O)c1ccccc1)c1ccccc1. The van der Waals surface area contributed by atoms with E-state index in [1.54, 1.807) is 24.3 Å². The molecule has 0 heterocycles. The van der Waals surface area contributed by atoms with Gasteiger partial charge >= 0.3 is 0 Å². The lowest BCUT2D eigenvalue weighted by atomic mass is 10.0. The molecule has 0 bridgehead atoms. The standard InChI is InChI=1S/C25H34O3Si/c1-25(2,3)29(4,5)28-24(21-15-10-7-11-16-21)19-22(26)17-12-18-23(27)20-13-8-6-9-14-20/h6-16,18,22,24,26H,17,19H2,1-5H3/b18-12+/t22-,24+/m1/s1. The molecule has 1 N–H and O–H groups in total. The van der Waals surface area contributed by atoms with E-state index in [-0.39, 0.29) is 16.9 Å². The maximum absolute atomic E-state index is 12.2. The van der Waals surface area contributed by atoms with E-state index in [9.17, 15) is 9.90 Å². The third-order valence-corrected chi connectivity index (χ3v) is 10.1. The van der Waals surface area contributed by atoms with E-state index >= 15 is 0 Å². The van der Waals surface area contributed by atoms with Crippen LogP contribution in [-0.2, 0) is 4.43 Å². The summed E-state index contributed by atoms with van der Waals surface area (Å²) in [6.07, 6.45) is 3.48. The molecule has 0 radical (unpaired) electrons. The van der Waals surface area contributed by atoms with E-state index in [4.69, 9.17) is 4.43 Å². The van der Waals surface area contributed by atoms with E-state index in [2.05, 4.69) is 46.0 Å². The summed E-state index contributed by atoms with van der Waals surface area (Å²) in [7, 11) is -1.99. The van der Waals surface area contributed by atoms with Gasteiger partial charge in [0, 0.05) is 12.0 Å². The number of hydrogen-bond donors (Lipinski definition) is 1. The molecule has 2 rings (SSSR count). The van der Waals surface area contributed by atoms with Crippen molar-refractivity contribution < 1.29 is 14.3 Å². The molecule has 2 atom stereocenters. The summed E-state index contributed by atoms with van der Waals surface area (Å²) in [5.41, 5.74) is 1.74. The fourth-order valence-electron chi connectivity index (χ4n) is 2.83. The molecule has 2 aromatic carbocycles. The van der Waals surface area contributed by atoms with Crippen molar-refractivity contribution >= 4 is 14.1 Å². The van der Waals surface area contributed by atoms with Gasteiger partial charge < -0.3 is 9.53 Å². The molecular weight excluding hydrogens is 376 g/mol. The van der Waals surface area contributed by atoms with E-state index in [1.165, 1.54) is 0 Å². The average molecular weight is 411 g/mol. The number of aliphatic hydroxyl groups excluding tert-OH is 1. The van der Waals surface area contributed by atoms with Crippen molar-refractivity contribution in [2.45, 2.75) is 64.0 Å². The second kappa shape index (κ2) is 10.1. The molecule has 29 heavy (non-hydrogen) atoms. The number of allylic oxidation sites excluding steroid dienone is 1. The summed E-state index contributed by atoms with van der Waals surface area (Å²) in [6, 6.07) is 19.3. The van der Waals surface area contributed by atoms with E-state index in [0.29, 0.717) is 18.4 Å². The normalized spacial score (nSPS) is 14.7. The third kappa shape index (κ3) is 7.07. The van der Waals surface area contributed by atoms with E-state index in [1.807, 2.05) is 36.4 Å². The Kier molecular flexibility index (Phi) is 8.14. The first-order chi connectivity index (χ1) is 13.6. The largest absolute Gasteiger partial charge is 0.410 e. The van der Waals surface area contributed by atoms with Gasteiger partial charge in [-0.3, -0.25) is 4.79 Å². The van der Waals surface area contributed by atoms with Crippen LogP contribution in [0.2, 0.25) is 18.1 Å². The van der Waals surface area contributed by atoms with Crippen molar-refractivity contribution in [3.63, 3.8) is 0 Å². The van der Waals surface area contributed by atoms with Crippen molar-refractivity contribution in [2.24, 2.45) is 0 Å². The zero-order valence-electron chi connectivity index (χ0n) is 18.3. The number of hydrogen-bond acceptors (Lipinski definition) is 3. The van der Waals surface area contributed by atoms with Crippen LogP contribution in [0.1, 0.15) is 55.6 Å². The molecule has 3 nitrogen and oxygen atoms in total. The second-order valence-electron chi connectivity index (χ2n) is 9.04. The van der Waals surface area contributed by atoms with Crippen LogP contribution in [0.5, 0.6) is 0 Å². The Balaban J connectivity index is 2.04. The molecule has 0 aliphatic carbocycles. The number of rotatable bonds is 9. The highest BCUT2D eigenvalue weighted by Crippen LogP contribution is 2.40. The molecule has 0 unspecified atom stereocenters. The van der Waals surface area contributed by atoms with Crippen molar-refractivity contribution in [3.8, 4) is 0 Å². The molecular formula is C25H34O3Si. The highest BCUT2D eigenvalue weighted by atomic mass is 28.4. The van der Waals surface area contributed by atoms with Crippen LogP contribution >= 0.6 is 0 Å². The minimum Gasteiger partial charge on any atom is -0.410 e. The average Bonchev–Trinajstić information content (AvgIpc) is 2.67. The highest BCUT2D eigenvalue weighted by molar-refractivity contribution is 6.74. The van der Waals surface area contributed by atoms with Crippen LogP contribution in [-0.4, -0.2) is 25.3 Å². The maximum atomic E-state index is 12.2. The van der Waals surface area contributed by atoms with Crippen LogP contribution in [0.15, 0.2) is 72.8 Å². The van der Waals surface area contributed by atoms with E-state index in [0.717, 1.165) is 5.56 Å². The van der Waals surface area contributed by atoms with Crippen LogP contribution < -0.4 is 0 Å². The smallest absolute Gasteiger partial charge is 0.192 e. The molecule has 0 spiro atoms. The number of ketones is 1. The summed E-state index contributed by atoms with van der Waals surface area (Å²) >= 11 is 0. The summed E-state index contributed by atoms with van der Waals surface area (Å²) in [6.45, 7) is 11.1. The summed E-state index contributed by atoms with van der Waals surface area (Å²) in [5.74, 6) is -0.0464. The van der Waals surface area contributed by atoms with Crippen LogP contribution in [0, 0.1) is 0 Å². The molecule has 0 aliphatic rings. The fourth-order valence-corrected chi connectivity index (χ4v) is 4.12. The third-order valence-electron chi connectivity index (χ3n) is 5.64. The lowest BCUT2D eigenvalue weighted by molar-refractivity contribution is 0.0878. The van der Waals surface area contributed by atoms with Crippen molar-refractivity contribution in [2.75, 3.05) is 0 Å². The molecule has 0 saturated heterocycles. The first kappa shape index (κ1) is 23.3. The van der Waals surface area contributed by atoms with Crippen LogP contribution in [0.25, 0.3) is 0 Å². The van der Waals surface area contributed by atoms with Gasteiger partial charge in [-0.2, -0.15) is 0 Å². The lowest BCUT2D eigenvalue weighted by Crippen LogP contribution is -2.42. The Labute approximate surface area is 176 Å². The molecule has 0 aromatic heterocycles. The molecule has 0 amide bonds. The van der Waals surface area contributed by atoms with Gasteiger partial charge in [-0.15, -0.1) is 0 Å². The van der Waals surface area contributed by atoms with Gasteiger partial charge in [0.1, 0.15) is 0 Å². The van der Waals surface area contributed by atoms with Gasteiger partial charge in [0.2, 0.25) is 0 Å². The predicted octanol–water partition coefficient (Wildman–Crippen LogP) is 6.33. The monoisotopic (exact) mass is 410 g/mol. The van der Waals surface area contributed by atoms with E-state index < -0.39 is 14.4 Å². The highest BCUT2D eigenvalue weighted by Gasteiger charge is 2.39. The summed E-state index contributed by atoms with van der Waals surface area (Å²) < 4.78 is 6.64. The van der Waals surface area contributed by atoms with Gasteiger partial charge in [-0.1, -0.05) is 87.5 Å². The topological polar surface area (TPSA) is 46.5 Å². The minimum atomic E-state index is -1.99. The predicted molar refractivity (Wildman–Crippen MR) is 123 cm³/mol. The maximum Gasteiger partial charge on any atom is 0.192 e. The van der Waals surface area contributed by atoms with Gasteiger partial charge in [0.15, 0.2) is 14.1 Å². The zero-order chi connectivity index (χ0) is 21.5. The Morgan fingerprint density at radius 1 is 1.03 bits per heavy atom. The Bertz CT molecular complexity index is 792. The number of aliphatic hydroxyl groups is 1. The van der Waals surface area contributed by atoms with Gasteiger partial charge in [0.25, 0.3) is 0 Å². The van der Waals surface area contributed by atoms with Crippen molar-refractivity contribution in [1.29, 1.82) is 0 Å². The summed E-state index contributed by atoms with van der Waals surface area (Å²) in [5, 5.41) is 10.7. The molecule has 0 saturated carbocycles. The fraction of sp³-hybridized carbons (Fsp3) is 0.400. The van der Waals surface area contributed by atoms with Gasteiger partial charge in [-0.05, 0) is 36.2 Å². The quantitative estimate of drug-likeness (QED) is 0.298. The number of carbonyl (C=O) groups excluding carboxylic acids is 1. The Hall–Kier alpha value is -2.01. The molecule has 0 aliphatic heterocycles. The lowest BCUT2D eigenvalue weighted by Gasteiger charge is -2.40. The molecule has 0 fully saturated rings. The Morgan fingerprint density at radius 3 is 2.14 bits per heavy atom. The number of benzene rings is 2. The van der Waals surface area contributed by atoms with Crippen molar-refractivity contribution in [3.05, 3.63) is 83.9 Å². The van der Waals surface area contributed by atoms with Crippen LogP contribution in [0.3, 0.4) is 0 Å². The second-order valence-corrected chi connectivity index (χ2v) is 13.8. The Morgan fingerprint density at radius 2 is 1.59 bits per heavy atom. The van der Waals surface area contributed by atoms with Crippen LogP contribution in [0.4, 0.5) is 0 Å². The van der Waals surface area contributed by atoms with Gasteiger partial charge in [0.05, 0.1) is 12.2 Å². The first-order valence-electron chi connectivity index (χ1n) is 10.3. The first-order valence-corrected chi connectivity index (χ1v) is 13.2. The zero-order valence-corrected chi connectivity index (χ0v) is 19.3. The minimum absolute atomic E-state index is 0.0464. The van der Waals surface area contributed by atoms with Crippen molar-refractivity contribution in [1.82, 2.24) is 0 Å². The summed E-state index contributed by atoms with van der Waals surface area (Å²) in [4.78, 5) is 12.2. The molecule has 156 valence electrons. The molecule has 4 heteroatoms.